The van der Waals surface area contributed by atoms with E-state index in [1.54, 1.807) is 0 Å². The molecule has 424 valence electrons. The molecule has 0 atom stereocenters. The Hall–Kier alpha value is -7.33. The summed E-state index contributed by atoms with van der Waals surface area (Å²) in [5, 5.41) is 2.26. The summed E-state index contributed by atoms with van der Waals surface area (Å²) < 4.78 is 14.0. The first-order valence-corrected chi connectivity index (χ1v) is 30.3. The van der Waals surface area contributed by atoms with Crippen LogP contribution in [0.2, 0.25) is 0 Å². The monoisotopic (exact) mass is 1280 g/mol. The molecule has 3 aromatic heterocycles. The van der Waals surface area contributed by atoms with E-state index >= 15 is 0 Å². The van der Waals surface area contributed by atoms with Crippen LogP contribution < -0.4 is 9.30 Å². The number of rotatable bonds is 5. The van der Waals surface area contributed by atoms with E-state index in [4.69, 9.17) is 9.72 Å². The summed E-state index contributed by atoms with van der Waals surface area (Å²) in [5.74, 6) is 2.10. The van der Waals surface area contributed by atoms with Gasteiger partial charge < -0.3 is 13.9 Å². The van der Waals surface area contributed by atoms with Crippen molar-refractivity contribution >= 4 is 32.8 Å². The van der Waals surface area contributed by atoms with Crippen LogP contribution in [0.5, 0.6) is 11.5 Å². The van der Waals surface area contributed by atoms with Crippen LogP contribution in [0, 0.1) is 18.5 Å². The summed E-state index contributed by atoms with van der Waals surface area (Å²) >= 11 is 0. The van der Waals surface area contributed by atoms with Crippen LogP contribution in [-0.2, 0) is 53.6 Å². The van der Waals surface area contributed by atoms with Crippen molar-refractivity contribution in [1.29, 1.82) is 0 Å². The molecule has 8 aromatic carbocycles. The molecule has 0 N–H and O–H groups in total. The molecule has 0 fully saturated rings. The number of hydrogen-bond acceptors (Lipinski definition) is 2. The van der Waals surface area contributed by atoms with Crippen LogP contribution in [0.3, 0.4) is 0 Å². The minimum absolute atomic E-state index is 0. The number of fused-ring (bicyclic) bond motifs is 14. The maximum Gasteiger partial charge on any atom is 0.268 e. The van der Waals surface area contributed by atoms with Crippen LogP contribution in [0.25, 0.3) is 94.5 Å². The summed E-state index contributed by atoms with van der Waals surface area (Å²) in [4.78, 5) is 5.24. The molecule has 15 rings (SSSR count). The number of aromatic nitrogens is 4. The summed E-state index contributed by atoms with van der Waals surface area (Å²) in [5.41, 5.74) is 24.4. The summed E-state index contributed by atoms with van der Waals surface area (Å²) in [6.07, 6.45) is 13.0. The maximum absolute atomic E-state index is 6.99. The zero-order valence-corrected chi connectivity index (χ0v) is 53.0. The first-order chi connectivity index (χ1) is 39.6. The van der Waals surface area contributed by atoms with E-state index in [1.807, 2.05) is 12.1 Å². The molecule has 0 spiro atoms. The van der Waals surface area contributed by atoms with E-state index in [1.165, 1.54) is 66.8 Å². The predicted octanol–water partition coefficient (Wildman–Crippen LogP) is 19.6. The van der Waals surface area contributed by atoms with Crippen molar-refractivity contribution in [3.8, 4) is 73.2 Å². The van der Waals surface area contributed by atoms with Gasteiger partial charge in [0, 0.05) is 44.3 Å². The van der Waals surface area contributed by atoms with E-state index in [0.29, 0.717) is 11.5 Å². The third kappa shape index (κ3) is 8.25. The Bertz CT molecular complexity index is 4540. The van der Waals surface area contributed by atoms with Crippen LogP contribution in [0.4, 0.5) is 0 Å². The van der Waals surface area contributed by atoms with Crippen molar-refractivity contribution in [3.63, 3.8) is 0 Å². The second kappa shape index (κ2) is 18.8. The molecular weight excluding hydrogens is 1200 g/mol. The van der Waals surface area contributed by atoms with Gasteiger partial charge in [-0.3, -0.25) is 4.57 Å². The Balaban J connectivity index is 0.00000627. The van der Waals surface area contributed by atoms with Gasteiger partial charge in [-0.25, -0.2) is 4.98 Å². The molecular formula is C78H74N4OPt-2. The molecule has 6 heteroatoms. The largest absolute Gasteiger partial charge is 0.510 e. The molecule has 5 nitrogen and oxygen atoms in total. The normalized spacial score (nSPS) is 18.0. The standard InChI is InChI=1S/C78H74N4O.Pt/c1-73(2)34-35-74(3,4)61-43-59-57-30-21-29-52(48-22-14-13-15-23-48)71(57)81-47-80(67-44-63-70(78(11,12)39-38-76(63,7)8)69(72(67)81)56-28-17-16-26-53(56)58(59)42-60(61)73)49-24-20-25-50(40-49)83-51-32-33-55-54-27-18-19-31-65(54)82(66(55)41-51)68-45-62-64(46-79-68)77(9,10)37-36-75(62,5)6;/h13-33,42-46H,34-39H2,1-12H3;/q-2;. The number of hydrogen-bond donors (Lipinski definition) is 0. The van der Waals surface area contributed by atoms with Gasteiger partial charge in [-0.1, -0.05) is 186 Å². The summed E-state index contributed by atoms with van der Waals surface area (Å²) in [7, 11) is 0. The molecule has 0 amide bonds. The zero-order valence-electron chi connectivity index (χ0n) is 50.8. The van der Waals surface area contributed by atoms with Gasteiger partial charge in [-0.2, -0.15) is 18.2 Å². The fraction of sp³-hybridized carbons (Fsp3) is 0.308. The Morgan fingerprint density at radius 3 is 1.73 bits per heavy atom. The second-order valence-corrected chi connectivity index (χ2v) is 28.7. The number of imidazole rings is 1. The van der Waals surface area contributed by atoms with E-state index in [0.717, 1.165) is 99.7 Å². The van der Waals surface area contributed by atoms with Crippen molar-refractivity contribution in [2.75, 3.05) is 0 Å². The minimum Gasteiger partial charge on any atom is -0.510 e. The summed E-state index contributed by atoms with van der Waals surface area (Å²) in [6.45, 7) is 29.2. The Kier molecular flexibility index (Phi) is 12.2. The van der Waals surface area contributed by atoms with Gasteiger partial charge >= 0.3 is 0 Å². The third-order valence-electron chi connectivity index (χ3n) is 20.6. The van der Waals surface area contributed by atoms with Crippen molar-refractivity contribution < 1.29 is 30.4 Å². The van der Waals surface area contributed by atoms with Gasteiger partial charge in [0.2, 0.25) is 0 Å². The fourth-order valence-corrected chi connectivity index (χ4v) is 15.3. The molecule has 0 bridgehead atoms. The van der Waals surface area contributed by atoms with Gasteiger partial charge in [0.25, 0.3) is 6.33 Å². The van der Waals surface area contributed by atoms with E-state index in [-0.39, 0.29) is 53.6 Å². The molecule has 4 aliphatic rings. The number of benzene rings is 8. The van der Waals surface area contributed by atoms with Crippen molar-refractivity contribution in [2.24, 2.45) is 0 Å². The average molecular weight is 1280 g/mol. The van der Waals surface area contributed by atoms with E-state index < -0.39 is 0 Å². The van der Waals surface area contributed by atoms with Gasteiger partial charge in [0.15, 0.2) is 0 Å². The predicted molar refractivity (Wildman–Crippen MR) is 341 cm³/mol. The topological polar surface area (TPSA) is 35.9 Å². The smallest absolute Gasteiger partial charge is 0.268 e. The van der Waals surface area contributed by atoms with Crippen molar-refractivity contribution in [2.45, 2.75) is 154 Å². The van der Waals surface area contributed by atoms with Gasteiger partial charge in [-0.05, 0) is 184 Å². The van der Waals surface area contributed by atoms with Gasteiger partial charge in [0.1, 0.15) is 5.82 Å². The molecule has 84 heavy (non-hydrogen) atoms. The minimum atomic E-state index is -0.130. The number of ether oxygens (including phenoxy) is 1. The molecule has 11 aromatic rings. The van der Waals surface area contributed by atoms with Crippen molar-refractivity contribution in [3.05, 3.63) is 210 Å². The SMILES string of the molecule is CC1(C)CCC(C)(C)c2cc(-n3c4[c-]c(Oc5[c-]c(-n6[c-][n+]7c8c(c9c(cc86)C(C)(C)CCC9(C)C)-c6ccccc6-c6cc8c(cc6-c6cccc(-c9ccccc9)c6-7)C(C)(C)CCC8(C)C)ccc5)ccc4c4ccccc43)ncc21.[Pt]. The Morgan fingerprint density at radius 2 is 1.01 bits per heavy atom. The molecule has 1 aliphatic heterocycles. The molecule has 0 radical (unpaired) electrons. The Morgan fingerprint density at radius 1 is 0.452 bits per heavy atom. The molecule has 0 unspecified atom stereocenters. The van der Waals surface area contributed by atoms with Crippen LogP contribution in [0.15, 0.2) is 158 Å². The Labute approximate surface area is 511 Å². The fourth-order valence-electron chi connectivity index (χ4n) is 15.3. The third-order valence-corrected chi connectivity index (χ3v) is 20.6. The molecule has 3 aliphatic carbocycles. The van der Waals surface area contributed by atoms with Crippen molar-refractivity contribution in [1.82, 2.24) is 14.1 Å². The molecule has 0 saturated carbocycles. The number of para-hydroxylation sites is 2. The number of nitrogens with zero attached hydrogens (tertiary/aromatic N) is 4. The van der Waals surface area contributed by atoms with Crippen LogP contribution in [-0.4, -0.2) is 14.1 Å². The van der Waals surface area contributed by atoms with Crippen LogP contribution in [0.1, 0.15) is 155 Å². The summed E-state index contributed by atoms with van der Waals surface area (Å²) in [6, 6.07) is 64.0. The van der Waals surface area contributed by atoms with Gasteiger partial charge in [-0.15, -0.1) is 29.7 Å². The molecule has 4 heterocycles. The second-order valence-electron chi connectivity index (χ2n) is 28.7. The van der Waals surface area contributed by atoms with Gasteiger partial charge in [0.05, 0.1) is 16.7 Å². The zero-order chi connectivity index (χ0) is 57.3. The quantitative estimate of drug-likeness (QED) is 0.127. The first-order valence-electron chi connectivity index (χ1n) is 30.3. The molecule has 0 saturated heterocycles. The maximum atomic E-state index is 6.99. The van der Waals surface area contributed by atoms with E-state index in [2.05, 4.69) is 261 Å². The average Bonchev–Trinajstić information content (AvgIpc) is 1.79. The van der Waals surface area contributed by atoms with Crippen LogP contribution >= 0.6 is 0 Å². The number of pyridine rings is 1. The first kappa shape index (κ1) is 54.6. The van der Waals surface area contributed by atoms with E-state index in [9.17, 15) is 0 Å².